The van der Waals surface area contributed by atoms with Crippen LogP contribution in [0.2, 0.25) is 0 Å². The second-order valence-electron chi connectivity index (χ2n) is 4.74. The second-order valence-corrected chi connectivity index (χ2v) is 6.33. The lowest BCUT2D eigenvalue weighted by Crippen LogP contribution is -2.17. The maximum absolute atomic E-state index is 12.2. The third-order valence-electron chi connectivity index (χ3n) is 3.20. The predicted molar refractivity (Wildman–Crippen MR) is 96.5 cm³/mol. The molecule has 0 spiro atoms. The molecule has 0 radical (unpaired) electrons. The average molecular weight is 508 g/mol. The van der Waals surface area contributed by atoms with Crippen LogP contribution in [0.3, 0.4) is 0 Å². The molecule has 0 saturated carbocycles. The SMILES string of the molecule is COc1cc([C@@H](N)c2ccc(OC(F)(F)F)cc2)c(Br)c(Br)c1O.Cl. The number of nitrogens with two attached hydrogens (primary N) is 1. The summed E-state index contributed by atoms with van der Waals surface area (Å²) < 4.78 is 46.4. The lowest BCUT2D eigenvalue weighted by molar-refractivity contribution is -0.274. The normalized spacial score (nSPS) is 12.3. The highest BCUT2D eigenvalue weighted by Crippen LogP contribution is 2.44. The number of ether oxygens (including phenoxy) is 2. The molecule has 0 aliphatic heterocycles. The van der Waals surface area contributed by atoms with E-state index in [-0.39, 0.29) is 29.7 Å². The van der Waals surface area contributed by atoms with Gasteiger partial charge in [-0.15, -0.1) is 25.6 Å². The van der Waals surface area contributed by atoms with Crippen LogP contribution in [0.1, 0.15) is 17.2 Å². The van der Waals surface area contributed by atoms with Gasteiger partial charge in [0.25, 0.3) is 0 Å². The molecule has 2 aromatic carbocycles. The van der Waals surface area contributed by atoms with Crippen LogP contribution >= 0.6 is 44.3 Å². The molecule has 0 amide bonds. The van der Waals surface area contributed by atoms with Crippen LogP contribution in [0.4, 0.5) is 13.2 Å². The monoisotopic (exact) mass is 505 g/mol. The van der Waals surface area contributed by atoms with E-state index in [4.69, 9.17) is 10.5 Å². The standard InChI is InChI=1S/C15H12Br2F3NO3.ClH/c1-23-10-6-9(11(16)12(17)14(10)22)13(21)7-2-4-8(5-3-7)24-15(18,19)20;/h2-6,13,22H,21H2,1H3;1H/t13-;/m0./s1. The van der Waals surface area contributed by atoms with Gasteiger partial charge < -0.3 is 20.3 Å². The van der Waals surface area contributed by atoms with Crippen molar-refractivity contribution in [2.75, 3.05) is 7.11 Å². The zero-order chi connectivity index (χ0) is 18.1. The van der Waals surface area contributed by atoms with Gasteiger partial charge in [-0.3, -0.25) is 0 Å². The molecule has 0 unspecified atom stereocenters. The number of methoxy groups -OCH3 is 1. The third-order valence-corrected chi connectivity index (χ3v) is 5.36. The molecule has 0 heterocycles. The second kappa shape index (κ2) is 8.48. The van der Waals surface area contributed by atoms with Gasteiger partial charge in [-0.2, -0.15) is 0 Å². The number of phenols is 1. The zero-order valence-electron chi connectivity index (χ0n) is 12.6. The van der Waals surface area contributed by atoms with E-state index in [9.17, 15) is 18.3 Å². The van der Waals surface area contributed by atoms with Crippen molar-refractivity contribution in [3.8, 4) is 17.2 Å². The van der Waals surface area contributed by atoms with Crippen molar-refractivity contribution in [3.63, 3.8) is 0 Å². The van der Waals surface area contributed by atoms with E-state index >= 15 is 0 Å². The molecule has 2 rings (SSSR count). The first-order valence-electron chi connectivity index (χ1n) is 6.50. The minimum atomic E-state index is -4.75. The molecule has 0 fully saturated rings. The van der Waals surface area contributed by atoms with E-state index in [1.807, 2.05) is 0 Å². The lowest BCUT2D eigenvalue weighted by atomic mass is 9.99. The Morgan fingerprint density at radius 1 is 1.12 bits per heavy atom. The Bertz CT molecular complexity index is 742. The minimum Gasteiger partial charge on any atom is -0.503 e. The molecule has 2 aromatic rings. The summed E-state index contributed by atoms with van der Waals surface area (Å²) in [6.07, 6.45) is -4.75. The molecule has 4 nitrogen and oxygen atoms in total. The highest BCUT2D eigenvalue weighted by Gasteiger charge is 2.31. The van der Waals surface area contributed by atoms with Crippen molar-refractivity contribution in [2.45, 2.75) is 12.4 Å². The number of benzene rings is 2. The van der Waals surface area contributed by atoms with E-state index in [2.05, 4.69) is 36.6 Å². The topological polar surface area (TPSA) is 64.7 Å². The summed E-state index contributed by atoms with van der Waals surface area (Å²) in [5, 5.41) is 9.93. The molecule has 25 heavy (non-hydrogen) atoms. The zero-order valence-corrected chi connectivity index (χ0v) is 16.6. The third kappa shape index (κ3) is 5.16. The van der Waals surface area contributed by atoms with Gasteiger partial charge in [-0.05, 0) is 61.2 Å². The molecule has 0 aromatic heterocycles. The van der Waals surface area contributed by atoms with Crippen LogP contribution < -0.4 is 15.2 Å². The first-order valence-corrected chi connectivity index (χ1v) is 8.08. The summed E-state index contributed by atoms with van der Waals surface area (Å²) in [6, 6.07) is 6.13. The first-order chi connectivity index (χ1) is 11.1. The van der Waals surface area contributed by atoms with Crippen molar-refractivity contribution in [2.24, 2.45) is 5.73 Å². The summed E-state index contributed by atoms with van der Waals surface area (Å²) in [6.45, 7) is 0. The van der Waals surface area contributed by atoms with E-state index in [1.165, 1.54) is 31.4 Å². The molecule has 3 N–H and O–H groups in total. The maximum atomic E-state index is 12.2. The summed E-state index contributed by atoms with van der Waals surface area (Å²) in [5.41, 5.74) is 7.33. The van der Waals surface area contributed by atoms with E-state index in [0.29, 0.717) is 20.1 Å². The summed E-state index contributed by atoms with van der Waals surface area (Å²) in [5.74, 6) is -0.205. The molecule has 0 bridgehead atoms. The molecular formula is C15H13Br2ClF3NO3. The van der Waals surface area contributed by atoms with E-state index in [0.717, 1.165) is 0 Å². The molecule has 138 valence electrons. The number of hydrogen-bond donors (Lipinski definition) is 2. The van der Waals surface area contributed by atoms with Gasteiger partial charge >= 0.3 is 6.36 Å². The van der Waals surface area contributed by atoms with Gasteiger partial charge in [0.2, 0.25) is 0 Å². The summed E-state index contributed by atoms with van der Waals surface area (Å²) >= 11 is 6.56. The number of halogens is 6. The Morgan fingerprint density at radius 2 is 1.68 bits per heavy atom. The van der Waals surface area contributed by atoms with Crippen LogP contribution in [0.25, 0.3) is 0 Å². The highest BCUT2D eigenvalue weighted by atomic mass is 79.9. The number of hydrogen-bond acceptors (Lipinski definition) is 4. The fourth-order valence-electron chi connectivity index (χ4n) is 2.05. The molecule has 0 aliphatic carbocycles. The molecule has 10 heteroatoms. The van der Waals surface area contributed by atoms with Gasteiger partial charge in [-0.25, -0.2) is 0 Å². The van der Waals surface area contributed by atoms with Crippen molar-refractivity contribution >= 4 is 44.3 Å². The van der Waals surface area contributed by atoms with Gasteiger partial charge in [-0.1, -0.05) is 12.1 Å². The molecule has 0 saturated heterocycles. The summed E-state index contributed by atoms with van der Waals surface area (Å²) in [7, 11) is 1.40. The molecule has 0 aliphatic rings. The van der Waals surface area contributed by atoms with Crippen molar-refractivity contribution in [1.82, 2.24) is 0 Å². The molecule has 1 atom stereocenters. The number of aromatic hydroxyl groups is 1. The lowest BCUT2D eigenvalue weighted by Gasteiger charge is -2.18. The van der Waals surface area contributed by atoms with Crippen molar-refractivity contribution in [1.29, 1.82) is 0 Å². The van der Waals surface area contributed by atoms with Crippen LogP contribution in [-0.2, 0) is 0 Å². The average Bonchev–Trinajstić information content (AvgIpc) is 2.52. The highest BCUT2D eigenvalue weighted by molar-refractivity contribution is 9.13. The van der Waals surface area contributed by atoms with Gasteiger partial charge in [0.05, 0.1) is 17.6 Å². The number of alkyl halides is 3. The number of rotatable bonds is 4. The van der Waals surface area contributed by atoms with Crippen LogP contribution in [0.5, 0.6) is 17.2 Å². The number of phenolic OH excluding ortho intramolecular Hbond substituents is 1. The Morgan fingerprint density at radius 3 is 2.16 bits per heavy atom. The van der Waals surface area contributed by atoms with E-state index < -0.39 is 12.4 Å². The quantitative estimate of drug-likeness (QED) is 0.590. The molecular weight excluding hydrogens is 494 g/mol. The summed E-state index contributed by atoms with van der Waals surface area (Å²) in [4.78, 5) is 0. The fraction of sp³-hybridized carbons (Fsp3) is 0.200. The van der Waals surface area contributed by atoms with Gasteiger partial charge in [0.1, 0.15) is 5.75 Å². The maximum Gasteiger partial charge on any atom is 0.573 e. The first kappa shape index (κ1) is 21.9. The fourth-order valence-corrected chi connectivity index (χ4v) is 3.02. The van der Waals surface area contributed by atoms with Gasteiger partial charge in [0.15, 0.2) is 11.5 Å². The van der Waals surface area contributed by atoms with Gasteiger partial charge in [0, 0.05) is 4.47 Å². The van der Waals surface area contributed by atoms with Crippen LogP contribution in [-0.4, -0.2) is 18.6 Å². The van der Waals surface area contributed by atoms with Crippen LogP contribution in [0, 0.1) is 0 Å². The Labute approximate surface area is 164 Å². The van der Waals surface area contributed by atoms with Crippen molar-refractivity contribution < 1.29 is 27.8 Å². The Balaban J connectivity index is 0.00000312. The minimum absolute atomic E-state index is 0. The predicted octanol–water partition coefficient (Wildman–Crippen LogP) is 5.29. The Hall–Kier alpha value is -1.16. The van der Waals surface area contributed by atoms with E-state index in [1.54, 1.807) is 6.07 Å². The van der Waals surface area contributed by atoms with Crippen molar-refractivity contribution in [3.05, 3.63) is 50.4 Å². The van der Waals surface area contributed by atoms with Crippen LogP contribution in [0.15, 0.2) is 39.3 Å². The Kier molecular flexibility index (Phi) is 7.42. The smallest absolute Gasteiger partial charge is 0.503 e. The largest absolute Gasteiger partial charge is 0.573 e.